The van der Waals surface area contributed by atoms with Gasteiger partial charge < -0.3 is 0 Å². The van der Waals surface area contributed by atoms with Crippen LogP contribution >= 0.6 is 11.3 Å². The molecule has 5 heteroatoms. The van der Waals surface area contributed by atoms with Crippen molar-refractivity contribution in [1.29, 1.82) is 0 Å². The van der Waals surface area contributed by atoms with Crippen LogP contribution in [0.1, 0.15) is 38.6 Å². The van der Waals surface area contributed by atoms with Crippen LogP contribution in [0.25, 0.3) is 21.3 Å². The van der Waals surface area contributed by atoms with E-state index >= 15 is 0 Å². The van der Waals surface area contributed by atoms with Crippen LogP contribution in [0.3, 0.4) is 0 Å². The van der Waals surface area contributed by atoms with Crippen LogP contribution in [-0.4, -0.2) is 15.3 Å². The molecule has 0 spiro atoms. The molecule has 1 aromatic carbocycles. The number of ketones is 1. The number of Topliss-reactive ketones (excluding diaryl/α,β-unsaturated/α-hetero) is 1. The van der Waals surface area contributed by atoms with Gasteiger partial charge in [-0.1, -0.05) is 38.1 Å². The molecule has 130 valence electrons. The minimum Gasteiger partial charge on any atom is -0.300 e. The van der Waals surface area contributed by atoms with Gasteiger partial charge in [-0.25, -0.2) is 4.98 Å². The van der Waals surface area contributed by atoms with Crippen LogP contribution < -0.4 is 5.56 Å². The summed E-state index contributed by atoms with van der Waals surface area (Å²) in [5, 5.41) is 2.67. The summed E-state index contributed by atoms with van der Waals surface area (Å²) in [5.74, 6) is 0.822. The first-order valence-electron chi connectivity index (χ1n) is 8.64. The van der Waals surface area contributed by atoms with E-state index in [4.69, 9.17) is 0 Å². The highest BCUT2D eigenvalue weighted by atomic mass is 32.1. The van der Waals surface area contributed by atoms with E-state index in [-0.39, 0.29) is 11.3 Å². The molecule has 0 fully saturated rings. The second kappa shape index (κ2) is 7.31. The number of hydrogen-bond donors (Lipinski definition) is 0. The van der Waals surface area contributed by atoms with Crippen molar-refractivity contribution in [2.75, 3.05) is 0 Å². The minimum atomic E-state index is -0.0427. The molecule has 0 aliphatic carbocycles. The Kier molecular flexibility index (Phi) is 5.13. The molecule has 3 rings (SSSR count). The van der Waals surface area contributed by atoms with Gasteiger partial charge in [-0.2, -0.15) is 0 Å². The Morgan fingerprint density at radius 1 is 1.16 bits per heavy atom. The summed E-state index contributed by atoms with van der Waals surface area (Å²) < 4.78 is 1.67. The van der Waals surface area contributed by atoms with Crippen LogP contribution in [-0.2, 0) is 24.2 Å². The molecule has 25 heavy (non-hydrogen) atoms. The Bertz CT molecular complexity index is 968. The maximum absolute atomic E-state index is 13.1. The van der Waals surface area contributed by atoms with Gasteiger partial charge in [0.2, 0.25) is 0 Å². The molecule has 0 saturated heterocycles. The predicted molar refractivity (Wildman–Crippen MR) is 103 cm³/mol. The Morgan fingerprint density at radius 3 is 2.48 bits per heavy atom. The summed E-state index contributed by atoms with van der Waals surface area (Å²) in [6, 6.07) is 8.32. The van der Waals surface area contributed by atoms with E-state index in [1.807, 2.05) is 12.3 Å². The van der Waals surface area contributed by atoms with E-state index in [2.05, 4.69) is 36.2 Å². The van der Waals surface area contributed by atoms with E-state index in [1.54, 1.807) is 11.5 Å². The molecule has 4 nitrogen and oxygen atoms in total. The van der Waals surface area contributed by atoms with Crippen molar-refractivity contribution in [2.45, 2.75) is 46.6 Å². The molecule has 0 N–H and O–H groups in total. The Morgan fingerprint density at radius 2 is 1.88 bits per heavy atom. The van der Waals surface area contributed by atoms with Gasteiger partial charge in [0, 0.05) is 30.3 Å². The summed E-state index contributed by atoms with van der Waals surface area (Å²) >= 11 is 1.50. The molecular weight excluding hydrogens is 332 g/mol. The number of hydrogen-bond acceptors (Lipinski definition) is 4. The highest BCUT2D eigenvalue weighted by Gasteiger charge is 2.16. The van der Waals surface area contributed by atoms with Crippen molar-refractivity contribution in [3.63, 3.8) is 0 Å². The molecule has 0 aliphatic heterocycles. The number of fused-ring (bicyclic) bond motifs is 1. The smallest absolute Gasteiger partial charge is 0.262 e. The SMILES string of the molecule is CCc1ccc(-c2csc3nc(CC)n(CCC(C)=O)c(=O)c23)cc1. The largest absolute Gasteiger partial charge is 0.300 e. The molecule has 0 aliphatic rings. The zero-order valence-electron chi connectivity index (χ0n) is 14.8. The molecule has 2 aromatic heterocycles. The molecular formula is C20H22N2O2S. The number of rotatable bonds is 6. The molecule has 0 atom stereocenters. The standard InChI is InChI=1S/C20H22N2O2S/c1-4-14-6-8-15(9-7-14)16-12-25-19-18(16)20(24)22(11-10-13(3)23)17(5-2)21-19/h6-9,12H,4-5,10-11H2,1-3H3. The van der Waals surface area contributed by atoms with Crippen LogP contribution in [0.2, 0.25) is 0 Å². The maximum Gasteiger partial charge on any atom is 0.262 e. The number of aromatic nitrogens is 2. The highest BCUT2D eigenvalue weighted by molar-refractivity contribution is 7.17. The zero-order chi connectivity index (χ0) is 18.0. The molecule has 0 amide bonds. The van der Waals surface area contributed by atoms with E-state index < -0.39 is 0 Å². The third-order valence-corrected chi connectivity index (χ3v) is 5.32. The molecule has 2 heterocycles. The maximum atomic E-state index is 13.1. The lowest BCUT2D eigenvalue weighted by atomic mass is 10.0. The Balaban J connectivity index is 2.16. The molecule has 0 radical (unpaired) electrons. The normalized spacial score (nSPS) is 11.2. The Hall–Kier alpha value is -2.27. The van der Waals surface area contributed by atoms with E-state index in [0.717, 1.165) is 28.2 Å². The third kappa shape index (κ3) is 3.42. The van der Waals surface area contributed by atoms with Gasteiger partial charge in [0.15, 0.2) is 0 Å². The number of thiophene rings is 1. The topological polar surface area (TPSA) is 52.0 Å². The van der Waals surface area contributed by atoms with E-state index in [9.17, 15) is 9.59 Å². The van der Waals surface area contributed by atoms with Gasteiger partial charge in [-0.3, -0.25) is 14.2 Å². The average Bonchev–Trinajstić information content (AvgIpc) is 3.04. The lowest BCUT2D eigenvalue weighted by Gasteiger charge is -2.11. The number of aryl methyl sites for hydroxylation is 2. The highest BCUT2D eigenvalue weighted by Crippen LogP contribution is 2.31. The van der Waals surface area contributed by atoms with Gasteiger partial charge in [-0.05, 0) is 24.5 Å². The summed E-state index contributed by atoms with van der Waals surface area (Å²) in [5.41, 5.74) is 3.19. The quantitative estimate of drug-likeness (QED) is 0.666. The average molecular weight is 354 g/mol. The van der Waals surface area contributed by atoms with Crippen LogP contribution in [0.4, 0.5) is 0 Å². The number of benzene rings is 1. The fraction of sp³-hybridized carbons (Fsp3) is 0.350. The van der Waals surface area contributed by atoms with Crippen molar-refractivity contribution < 1.29 is 4.79 Å². The van der Waals surface area contributed by atoms with E-state index in [0.29, 0.717) is 24.8 Å². The monoisotopic (exact) mass is 354 g/mol. The van der Waals surface area contributed by atoms with Gasteiger partial charge in [0.1, 0.15) is 16.4 Å². The molecule has 0 saturated carbocycles. The van der Waals surface area contributed by atoms with Gasteiger partial charge in [0.25, 0.3) is 5.56 Å². The second-order valence-electron chi connectivity index (χ2n) is 6.17. The zero-order valence-corrected chi connectivity index (χ0v) is 15.7. The molecule has 0 bridgehead atoms. The fourth-order valence-electron chi connectivity index (χ4n) is 2.97. The third-order valence-electron chi connectivity index (χ3n) is 4.45. The van der Waals surface area contributed by atoms with Gasteiger partial charge in [0.05, 0.1) is 5.39 Å². The predicted octanol–water partition coefficient (Wildman–Crippen LogP) is 4.23. The molecule has 0 unspecified atom stereocenters. The minimum absolute atomic E-state index is 0.0427. The van der Waals surface area contributed by atoms with Crippen LogP contribution in [0.5, 0.6) is 0 Å². The summed E-state index contributed by atoms with van der Waals surface area (Å²) in [7, 11) is 0. The van der Waals surface area contributed by atoms with Gasteiger partial charge >= 0.3 is 0 Å². The first-order chi connectivity index (χ1) is 12.0. The van der Waals surface area contributed by atoms with Crippen molar-refractivity contribution in [1.82, 2.24) is 9.55 Å². The first-order valence-corrected chi connectivity index (χ1v) is 9.52. The van der Waals surface area contributed by atoms with Crippen molar-refractivity contribution in [3.05, 3.63) is 51.4 Å². The Labute approximate surface area is 151 Å². The summed E-state index contributed by atoms with van der Waals surface area (Å²) in [6.45, 7) is 6.05. The van der Waals surface area contributed by atoms with Crippen LogP contribution in [0, 0.1) is 0 Å². The van der Waals surface area contributed by atoms with Crippen molar-refractivity contribution in [2.24, 2.45) is 0 Å². The number of carbonyl (C=O) groups excluding carboxylic acids is 1. The molecule has 3 aromatic rings. The lowest BCUT2D eigenvalue weighted by Crippen LogP contribution is -2.25. The lowest BCUT2D eigenvalue weighted by molar-refractivity contribution is -0.117. The fourth-order valence-corrected chi connectivity index (χ4v) is 3.93. The van der Waals surface area contributed by atoms with Crippen LogP contribution in [0.15, 0.2) is 34.4 Å². The first kappa shape index (κ1) is 17.5. The van der Waals surface area contributed by atoms with Crippen molar-refractivity contribution >= 4 is 27.3 Å². The summed E-state index contributed by atoms with van der Waals surface area (Å²) in [6.07, 6.45) is 2.01. The number of nitrogens with zero attached hydrogens (tertiary/aromatic N) is 2. The summed E-state index contributed by atoms with van der Waals surface area (Å²) in [4.78, 5) is 29.9. The number of carbonyl (C=O) groups is 1. The van der Waals surface area contributed by atoms with E-state index in [1.165, 1.54) is 16.9 Å². The van der Waals surface area contributed by atoms with Gasteiger partial charge in [-0.15, -0.1) is 11.3 Å². The van der Waals surface area contributed by atoms with Crippen molar-refractivity contribution in [3.8, 4) is 11.1 Å². The second-order valence-corrected chi connectivity index (χ2v) is 7.03.